The molecule has 0 unspecified atom stereocenters. The van der Waals surface area contributed by atoms with Crippen molar-refractivity contribution in [3.05, 3.63) is 34.9 Å². The minimum atomic E-state index is -0.931. The van der Waals surface area contributed by atoms with Gasteiger partial charge in [-0.15, -0.1) is 0 Å². The quantitative estimate of drug-likeness (QED) is 0.917. The molecular weight excluding hydrogens is 312 g/mol. The number of fused-ring (bicyclic) bond motifs is 2. The zero-order valence-corrected chi connectivity index (χ0v) is 14.3. The first-order chi connectivity index (χ1) is 11.0. The SMILES string of the molecule is CC[C@@H](C)[C@H](N)C1=N[C@]2(c3ccccc3Cl)CCC[C@H](O1)C2=O. The minimum absolute atomic E-state index is 0.0111. The van der Waals surface area contributed by atoms with Crippen LogP contribution in [0.1, 0.15) is 45.1 Å². The first-order valence-corrected chi connectivity index (χ1v) is 8.68. The Morgan fingerprint density at radius 1 is 1.48 bits per heavy atom. The summed E-state index contributed by atoms with van der Waals surface area (Å²) in [6.07, 6.45) is 2.74. The third kappa shape index (κ3) is 2.68. The van der Waals surface area contributed by atoms with Crippen LogP contribution in [0, 0.1) is 5.92 Å². The predicted octanol–water partition coefficient (Wildman–Crippen LogP) is 3.46. The van der Waals surface area contributed by atoms with Gasteiger partial charge in [-0.25, -0.2) is 4.99 Å². The molecule has 2 aliphatic rings. The molecule has 1 aliphatic carbocycles. The number of nitrogens with two attached hydrogens (primary N) is 1. The topological polar surface area (TPSA) is 64.7 Å². The second-order valence-corrected chi connectivity index (χ2v) is 6.97. The third-order valence-corrected chi connectivity index (χ3v) is 5.46. The van der Waals surface area contributed by atoms with Gasteiger partial charge in [-0.05, 0) is 31.2 Å². The van der Waals surface area contributed by atoms with Crippen molar-refractivity contribution < 1.29 is 9.53 Å². The lowest BCUT2D eigenvalue weighted by Gasteiger charge is -2.42. The molecule has 4 atom stereocenters. The van der Waals surface area contributed by atoms with E-state index in [0.29, 0.717) is 17.3 Å². The molecule has 0 saturated heterocycles. The van der Waals surface area contributed by atoms with Crippen molar-refractivity contribution in [3.8, 4) is 0 Å². The zero-order chi connectivity index (χ0) is 16.6. The highest BCUT2D eigenvalue weighted by Gasteiger charge is 2.52. The maximum atomic E-state index is 13.0. The summed E-state index contributed by atoms with van der Waals surface area (Å²) in [6.45, 7) is 4.16. The molecule has 1 saturated carbocycles. The average molecular weight is 335 g/mol. The Morgan fingerprint density at radius 3 is 2.91 bits per heavy atom. The monoisotopic (exact) mass is 334 g/mol. The second kappa shape index (κ2) is 6.25. The number of ether oxygens (including phenoxy) is 1. The lowest BCUT2D eigenvalue weighted by Crippen LogP contribution is -2.55. The summed E-state index contributed by atoms with van der Waals surface area (Å²) in [4.78, 5) is 17.7. The van der Waals surface area contributed by atoms with Gasteiger partial charge in [0.05, 0.1) is 6.04 Å². The number of nitrogens with zero attached hydrogens (tertiary/aromatic N) is 1. The number of ketones is 1. The van der Waals surface area contributed by atoms with E-state index in [1.807, 2.05) is 24.3 Å². The van der Waals surface area contributed by atoms with Gasteiger partial charge < -0.3 is 10.5 Å². The summed E-state index contributed by atoms with van der Waals surface area (Å²) in [6, 6.07) is 7.16. The van der Waals surface area contributed by atoms with E-state index in [9.17, 15) is 4.79 Å². The molecule has 3 rings (SSSR count). The van der Waals surface area contributed by atoms with E-state index in [4.69, 9.17) is 27.1 Å². The summed E-state index contributed by atoms with van der Waals surface area (Å²) < 4.78 is 5.87. The molecule has 124 valence electrons. The standard InChI is InChI=1S/C18H23ClN2O2/c1-3-11(2)15(20)17-21-18(12-7-4-5-8-13(12)19)10-6-9-14(23-17)16(18)22/h4-5,7-8,11,14-15H,3,6,9-10,20H2,1-2H3/t11-,14+,15+,18+/m1/s1. The van der Waals surface area contributed by atoms with Gasteiger partial charge in [0.15, 0.2) is 11.6 Å². The molecule has 2 bridgehead atoms. The molecule has 1 aromatic rings. The van der Waals surface area contributed by atoms with E-state index in [-0.39, 0.29) is 17.7 Å². The van der Waals surface area contributed by atoms with E-state index < -0.39 is 11.6 Å². The van der Waals surface area contributed by atoms with Gasteiger partial charge in [0.1, 0.15) is 0 Å². The molecule has 2 N–H and O–H groups in total. The van der Waals surface area contributed by atoms with Crippen LogP contribution in [0.2, 0.25) is 5.02 Å². The summed E-state index contributed by atoms with van der Waals surface area (Å²) in [7, 11) is 0. The van der Waals surface area contributed by atoms with E-state index in [1.54, 1.807) is 0 Å². The van der Waals surface area contributed by atoms with Crippen molar-refractivity contribution in [3.63, 3.8) is 0 Å². The summed E-state index contributed by atoms with van der Waals surface area (Å²) in [5.74, 6) is 0.756. The normalized spacial score (nSPS) is 29.5. The number of hydrogen-bond acceptors (Lipinski definition) is 4. The van der Waals surface area contributed by atoms with Gasteiger partial charge >= 0.3 is 0 Å². The number of rotatable bonds is 4. The highest BCUT2D eigenvalue weighted by Crippen LogP contribution is 2.44. The van der Waals surface area contributed by atoms with Gasteiger partial charge in [0.2, 0.25) is 11.7 Å². The maximum absolute atomic E-state index is 13.0. The molecule has 1 fully saturated rings. The minimum Gasteiger partial charge on any atom is -0.468 e. The number of halogens is 1. The van der Waals surface area contributed by atoms with Crippen LogP contribution in [0.25, 0.3) is 0 Å². The van der Waals surface area contributed by atoms with Crippen LogP contribution in [0.3, 0.4) is 0 Å². The maximum Gasteiger partial charge on any atom is 0.205 e. The largest absolute Gasteiger partial charge is 0.468 e. The number of carbonyl (C=O) groups excluding carboxylic acids is 1. The molecular formula is C18H23ClN2O2. The molecule has 5 heteroatoms. The Hall–Kier alpha value is -1.39. The lowest BCUT2D eigenvalue weighted by molar-refractivity contribution is -0.137. The highest BCUT2D eigenvalue weighted by atomic mass is 35.5. The van der Waals surface area contributed by atoms with Crippen LogP contribution < -0.4 is 5.73 Å². The van der Waals surface area contributed by atoms with Gasteiger partial charge in [-0.2, -0.15) is 0 Å². The number of hydrogen-bond donors (Lipinski definition) is 1. The average Bonchev–Trinajstić information content (AvgIpc) is 2.54. The molecule has 23 heavy (non-hydrogen) atoms. The van der Waals surface area contributed by atoms with Crippen LogP contribution in [0.15, 0.2) is 29.3 Å². The molecule has 1 aromatic carbocycles. The number of benzene rings is 1. The molecule has 0 spiro atoms. The van der Waals surface area contributed by atoms with E-state index in [1.165, 1.54) is 0 Å². The molecule has 0 amide bonds. The van der Waals surface area contributed by atoms with E-state index >= 15 is 0 Å². The molecule has 1 heterocycles. The van der Waals surface area contributed by atoms with Gasteiger partial charge in [0, 0.05) is 10.6 Å². The highest BCUT2D eigenvalue weighted by molar-refractivity contribution is 6.32. The smallest absolute Gasteiger partial charge is 0.205 e. The molecule has 0 radical (unpaired) electrons. The van der Waals surface area contributed by atoms with Crippen LogP contribution in [-0.4, -0.2) is 23.8 Å². The number of Topliss-reactive ketones (excluding diaryl/α,β-unsaturated/α-hetero) is 1. The van der Waals surface area contributed by atoms with Crippen molar-refractivity contribution in [2.45, 2.75) is 57.2 Å². The molecule has 4 nitrogen and oxygen atoms in total. The van der Waals surface area contributed by atoms with E-state index in [0.717, 1.165) is 24.8 Å². The van der Waals surface area contributed by atoms with Crippen molar-refractivity contribution in [1.82, 2.24) is 0 Å². The predicted molar refractivity (Wildman–Crippen MR) is 91.7 cm³/mol. The second-order valence-electron chi connectivity index (χ2n) is 6.56. The Morgan fingerprint density at radius 2 is 2.22 bits per heavy atom. The summed E-state index contributed by atoms with van der Waals surface area (Å²) in [5.41, 5.74) is 6.17. The van der Waals surface area contributed by atoms with Crippen molar-refractivity contribution >= 4 is 23.3 Å². The Kier molecular flexibility index (Phi) is 4.47. The number of carbonyl (C=O) groups is 1. The summed E-state index contributed by atoms with van der Waals surface area (Å²) in [5, 5.41) is 0.573. The fourth-order valence-corrected chi connectivity index (χ4v) is 3.71. The van der Waals surface area contributed by atoms with Gasteiger partial charge in [0.25, 0.3) is 0 Å². The first kappa shape index (κ1) is 16.5. The fraction of sp³-hybridized carbons (Fsp3) is 0.556. The molecule has 1 aliphatic heterocycles. The van der Waals surface area contributed by atoms with Crippen LogP contribution in [0.5, 0.6) is 0 Å². The molecule has 0 aromatic heterocycles. The Labute approximate surface area is 142 Å². The van der Waals surface area contributed by atoms with Crippen molar-refractivity contribution in [2.75, 3.05) is 0 Å². The van der Waals surface area contributed by atoms with Gasteiger partial charge in [-0.3, -0.25) is 4.79 Å². The van der Waals surface area contributed by atoms with Crippen molar-refractivity contribution in [2.24, 2.45) is 16.6 Å². The van der Waals surface area contributed by atoms with Crippen LogP contribution in [-0.2, 0) is 15.1 Å². The van der Waals surface area contributed by atoms with Crippen molar-refractivity contribution in [1.29, 1.82) is 0 Å². The fourth-order valence-electron chi connectivity index (χ4n) is 3.42. The van der Waals surface area contributed by atoms with Crippen LogP contribution >= 0.6 is 11.6 Å². The van der Waals surface area contributed by atoms with E-state index in [2.05, 4.69) is 13.8 Å². The Bertz CT molecular complexity index is 646. The van der Waals surface area contributed by atoms with Gasteiger partial charge in [-0.1, -0.05) is 50.1 Å². The first-order valence-electron chi connectivity index (χ1n) is 8.31. The number of aliphatic imine (C=N–C) groups is 1. The Balaban J connectivity index is 2.11. The lowest BCUT2D eigenvalue weighted by atomic mass is 9.73. The zero-order valence-electron chi connectivity index (χ0n) is 13.6. The summed E-state index contributed by atoms with van der Waals surface area (Å²) >= 11 is 6.39. The third-order valence-electron chi connectivity index (χ3n) is 5.13. The van der Waals surface area contributed by atoms with Crippen LogP contribution in [0.4, 0.5) is 0 Å².